The van der Waals surface area contributed by atoms with Crippen LogP contribution in [0.5, 0.6) is 0 Å². The summed E-state index contributed by atoms with van der Waals surface area (Å²) < 4.78 is 0. The first-order valence-electron chi connectivity index (χ1n) is 5.13. The van der Waals surface area contributed by atoms with E-state index in [9.17, 15) is 14.4 Å². The summed E-state index contributed by atoms with van der Waals surface area (Å²) in [5.74, 6) is -1.19. The molecule has 1 aromatic rings. The number of anilines is 1. The van der Waals surface area contributed by atoms with Crippen LogP contribution in [0.25, 0.3) is 0 Å². The third-order valence-corrected chi connectivity index (χ3v) is 2.39. The summed E-state index contributed by atoms with van der Waals surface area (Å²) in [5, 5.41) is 0. The van der Waals surface area contributed by atoms with Gasteiger partial charge in [0, 0.05) is 17.7 Å². The second kappa shape index (κ2) is 4.80. The molecular weight excluding hydrogens is 236 g/mol. The molecule has 0 atom stereocenters. The van der Waals surface area contributed by atoms with Gasteiger partial charge in [-0.15, -0.1) is 0 Å². The van der Waals surface area contributed by atoms with Crippen LogP contribution in [0, 0.1) is 0 Å². The Balaban J connectivity index is 2.20. The summed E-state index contributed by atoms with van der Waals surface area (Å²) in [7, 11) is 1.33. The van der Waals surface area contributed by atoms with Crippen molar-refractivity contribution in [1.82, 2.24) is 5.48 Å². The number of rotatable bonds is 3. The average Bonchev–Trinajstić information content (AvgIpc) is 2.70. The van der Waals surface area contributed by atoms with Gasteiger partial charge in [-0.3, -0.25) is 19.2 Å². The summed E-state index contributed by atoms with van der Waals surface area (Å²) in [4.78, 5) is 39.8. The molecule has 1 aliphatic heterocycles. The maximum Gasteiger partial charge on any atom is 0.274 e. The van der Waals surface area contributed by atoms with Gasteiger partial charge in [-0.2, -0.15) is 0 Å². The molecule has 0 radical (unpaired) electrons. The molecule has 1 aromatic carbocycles. The fourth-order valence-corrected chi connectivity index (χ4v) is 1.57. The largest absolute Gasteiger partial charge is 0.277 e. The number of carbonyl (C=O) groups is 3. The molecule has 0 bridgehead atoms. The summed E-state index contributed by atoms with van der Waals surface area (Å²) in [6, 6.07) is 6.05. The number of amides is 3. The standard InChI is InChI=1S/C12H10N2O4/c1-18-13-12(17)8-2-4-9(5-3-8)14-10(15)6-7-11(14)16/h2-7H,1H3,(H,13,17). The van der Waals surface area contributed by atoms with Crippen molar-refractivity contribution in [2.45, 2.75) is 0 Å². The van der Waals surface area contributed by atoms with Crippen LogP contribution in [0.3, 0.4) is 0 Å². The van der Waals surface area contributed by atoms with Crippen molar-refractivity contribution in [3.8, 4) is 0 Å². The molecule has 1 N–H and O–H groups in total. The highest BCUT2D eigenvalue weighted by Crippen LogP contribution is 2.19. The minimum Gasteiger partial charge on any atom is -0.277 e. The van der Waals surface area contributed by atoms with Crippen molar-refractivity contribution in [3.63, 3.8) is 0 Å². The first-order valence-corrected chi connectivity index (χ1v) is 5.13. The van der Waals surface area contributed by atoms with E-state index >= 15 is 0 Å². The second-order valence-electron chi connectivity index (χ2n) is 3.53. The maximum absolute atomic E-state index is 11.4. The van der Waals surface area contributed by atoms with Crippen LogP contribution >= 0.6 is 0 Å². The highest BCUT2D eigenvalue weighted by molar-refractivity contribution is 6.28. The molecule has 92 valence electrons. The molecule has 0 aliphatic carbocycles. The van der Waals surface area contributed by atoms with Crippen molar-refractivity contribution in [1.29, 1.82) is 0 Å². The number of benzene rings is 1. The molecule has 0 spiro atoms. The fraction of sp³-hybridized carbons (Fsp3) is 0.0833. The lowest BCUT2D eigenvalue weighted by Crippen LogP contribution is -2.29. The number of imide groups is 1. The Labute approximate surface area is 103 Å². The van der Waals surface area contributed by atoms with Crippen LogP contribution in [-0.2, 0) is 14.4 Å². The molecule has 0 saturated heterocycles. The quantitative estimate of drug-likeness (QED) is 0.619. The molecule has 1 heterocycles. The third kappa shape index (κ3) is 2.14. The highest BCUT2D eigenvalue weighted by Gasteiger charge is 2.24. The first kappa shape index (κ1) is 12.0. The zero-order valence-electron chi connectivity index (χ0n) is 9.54. The summed E-state index contributed by atoms with van der Waals surface area (Å²) in [6.45, 7) is 0. The molecule has 0 fully saturated rings. The molecule has 0 aromatic heterocycles. The maximum atomic E-state index is 11.4. The predicted molar refractivity (Wildman–Crippen MR) is 62.6 cm³/mol. The zero-order chi connectivity index (χ0) is 13.1. The monoisotopic (exact) mass is 246 g/mol. The van der Waals surface area contributed by atoms with Gasteiger partial charge in [0.2, 0.25) is 0 Å². The Kier molecular flexibility index (Phi) is 3.20. The molecule has 0 saturated carbocycles. The van der Waals surface area contributed by atoms with Gasteiger partial charge < -0.3 is 0 Å². The highest BCUT2D eigenvalue weighted by atomic mass is 16.6. The lowest BCUT2D eigenvalue weighted by atomic mass is 10.2. The Hall–Kier alpha value is -2.47. The van der Waals surface area contributed by atoms with E-state index in [-0.39, 0.29) is 0 Å². The SMILES string of the molecule is CONC(=O)c1ccc(N2C(=O)C=CC2=O)cc1. The van der Waals surface area contributed by atoms with E-state index in [1.165, 1.54) is 43.5 Å². The smallest absolute Gasteiger partial charge is 0.274 e. The van der Waals surface area contributed by atoms with Gasteiger partial charge in [0.1, 0.15) is 0 Å². The molecule has 3 amide bonds. The van der Waals surface area contributed by atoms with Gasteiger partial charge in [0.15, 0.2) is 0 Å². The minimum atomic E-state index is -0.402. The molecule has 0 unspecified atom stereocenters. The summed E-state index contributed by atoms with van der Waals surface area (Å²) in [6.07, 6.45) is 2.40. The van der Waals surface area contributed by atoms with Crippen molar-refractivity contribution in [3.05, 3.63) is 42.0 Å². The van der Waals surface area contributed by atoms with E-state index in [2.05, 4.69) is 10.3 Å². The molecule has 6 heteroatoms. The van der Waals surface area contributed by atoms with Gasteiger partial charge in [-0.1, -0.05) is 0 Å². The van der Waals surface area contributed by atoms with Gasteiger partial charge in [-0.05, 0) is 24.3 Å². The van der Waals surface area contributed by atoms with E-state index in [4.69, 9.17) is 0 Å². The average molecular weight is 246 g/mol. The van der Waals surface area contributed by atoms with E-state index in [1.807, 2.05) is 0 Å². The van der Waals surface area contributed by atoms with Crippen LogP contribution in [0.15, 0.2) is 36.4 Å². The number of carbonyl (C=O) groups excluding carboxylic acids is 3. The van der Waals surface area contributed by atoms with Crippen LogP contribution in [0.4, 0.5) is 5.69 Å². The normalized spacial score (nSPS) is 14.2. The summed E-state index contributed by atoms with van der Waals surface area (Å²) >= 11 is 0. The Morgan fingerprint density at radius 1 is 1.11 bits per heavy atom. The van der Waals surface area contributed by atoms with E-state index in [0.29, 0.717) is 11.3 Å². The van der Waals surface area contributed by atoms with Crippen molar-refractivity contribution < 1.29 is 19.2 Å². The van der Waals surface area contributed by atoms with Crippen LogP contribution in [0.2, 0.25) is 0 Å². The Morgan fingerprint density at radius 2 is 1.67 bits per heavy atom. The molecule has 18 heavy (non-hydrogen) atoms. The number of hydroxylamine groups is 1. The van der Waals surface area contributed by atoms with E-state index in [0.717, 1.165) is 4.90 Å². The Bertz CT molecular complexity index is 516. The zero-order valence-corrected chi connectivity index (χ0v) is 9.54. The van der Waals surface area contributed by atoms with Gasteiger partial charge in [-0.25, -0.2) is 10.4 Å². The number of hydrogen-bond donors (Lipinski definition) is 1. The molecule has 2 rings (SSSR count). The molecule has 6 nitrogen and oxygen atoms in total. The summed E-state index contributed by atoms with van der Waals surface area (Å²) in [5.41, 5.74) is 2.96. The topological polar surface area (TPSA) is 75.7 Å². The fourth-order valence-electron chi connectivity index (χ4n) is 1.57. The molecule has 1 aliphatic rings. The van der Waals surface area contributed by atoms with E-state index < -0.39 is 17.7 Å². The Morgan fingerprint density at radius 3 is 2.17 bits per heavy atom. The van der Waals surface area contributed by atoms with Gasteiger partial charge >= 0.3 is 0 Å². The lowest BCUT2D eigenvalue weighted by molar-refractivity contribution is -0.119. The van der Waals surface area contributed by atoms with Crippen molar-refractivity contribution >= 4 is 23.4 Å². The third-order valence-electron chi connectivity index (χ3n) is 2.39. The van der Waals surface area contributed by atoms with Crippen LogP contribution < -0.4 is 10.4 Å². The minimum absolute atomic E-state index is 0.368. The second-order valence-corrected chi connectivity index (χ2v) is 3.53. The van der Waals surface area contributed by atoms with Gasteiger partial charge in [0.05, 0.1) is 12.8 Å². The number of nitrogens with one attached hydrogen (secondary N) is 1. The van der Waals surface area contributed by atoms with Crippen LogP contribution in [-0.4, -0.2) is 24.8 Å². The lowest BCUT2D eigenvalue weighted by Gasteiger charge is -2.13. The predicted octanol–water partition coefficient (Wildman–Crippen LogP) is 0.407. The van der Waals surface area contributed by atoms with Crippen molar-refractivity contribution in [2.24, 2.45) is 0 Å². The molecular formula is C12H10N2O4. The van der Waals surface area contributed by atoms with Crippen molar-refractivity contribution in [2.75, 3.05) is 12.0 Å². The van der Waals surface area contributed by atoms with Crippen LogP contribution in [0.1, 0.15) is 10.4 Å². The number of hydrogen-bond acceptors (Lipinski definition) is 4. The first-order chi connectivity index (χ1) is 8.63. The van der Waals surface area contributed by atoms with E-state index in [1.54, 1.807) is 0 Å². The number of nitrogens with zero attached hydrogens (tertiary/aromatic N) is 1. The van der Waals surface area contributed by atoms with Gasteiger partial charge in [0.25, 0.3) is 17.7 Å².